The van der Waals surface area contributed by atoms with Gasteiger partial charge in [-0.25, -0.2) is 4.74 Å². The van der Waals surface area contributed by atoms with Crippen LogP contribution >= 0.6 is 0 Å². The number of hydrogen-bond donors (Lipinski definition) is 0. The van der Waals surface area contributed by atoms with E-state index in [1.165, 1.54) is 19.3 Å². The molecular formula is C10H21NO. The second-order valence-corrected chi connectivity index (χ2v) is 3.17. The van der Waals surface area contributed by atoms with Crippen molar-refractivity contribution in [2.75, 3.05) is 6.54 Å². The third-order valence-corrected chi connectivity index (χ3v) is 1.87. The van der Waals surface area contributed by atoms with Gasteiger partial charge in [0, 0.05) is 12.8 Å². The predicted molar refractivity (Wildman–Crippen MR) is 53.6 cm³/mol. The maximum absolute atomic E-state index is 11.1. The molecule has 2 nitrogen and oxygen atoms in total. The Morgan fingerprint density at radius 1 is 1.08 bits per heavy atom. The molecule has 12 heavy (non-hydrogen) atoms. The van der Waals surface area contributed by atoms with E-state index in [1.807, 2.05) is 0 Å². The molecule has 0 saturated carbocycles. The summed E-state index contributed by atoms with van der Waals surface area (Å²) in [4.78, 5) is 0. The van der Waals surface area contributed by atoms with Gasteiger partial charge in [0.25, 0.3) is 0 Å². The third kappa shape index (κ3) is 7.58. The molecule has 0 aromatic heterocycles. The van der Waals surface area contributed by atoms with Crippen LogP contribution in [-0.4, -0.2) is 17.5 Å². The van der Waals surface area contributed by atoms with Gasteiger partial charge in [0.15, 0.2) is 12.8 Å². The average molecular weight is 171 g/mol. The molecule has 0 aromatic rings. The Morgan fingerprint density at radius 3 is 2.33 bits per heavy atom. The minimum atomic E-state index is 0.678. The minimum absolute atomic E-state index is 0.678. The zero-order valence-electron chi connectivity index (χ0n) is 8.38. The summed E-state index contributed by atoms with van der Waals surface area (Å²) >= 11 is 0. The monoisotopic (exact) mass is 171 g/mol. The van der Waals surface area contributed by atoms with Gasteiger partial charge < -0.3 is 5.21 Å². The lowest BCUT2D eigenvalue weighted by molar-refractivity contribution is -0.454. The van der Waals surface area contributed by atoms with Crippen molar-refractivity contribution in [3.05, 3.63) is 5.21 Å². The standard InChI is InChI=1S/C10H21NO/c1-3-5-7-9-11(12)10-8-6-4-2/h9H,3-8,10H2,1-2H3. The molecule has 0 aromatic carbocycles. The molecule has 0 atom stereocenters. The molecule has 0 spiro atoms. The highest BCUT2D eigenvalue weighted by Gasteiger charge is 1.92. The molecule has 0 N–H and O–H groups in total. The van der Waals surface area contributed by atoms with Gasteiger partial charge in [0.2, 0.25) is 0 Å². The third-order valence-electron chi connectivity index (χ3n) is 1.87. The van der Waals surface area contributed by atoms with Crippen molar-refractivity contribution in [3.8, 4) is 0 Å². The van der Waals surface area contributed by atoms with Gasteiger partial charge in [-0.15, -0.1) is 0 Å². The lowest BCUT2D eigenvalue weighted by Gasteiger charge is -2.02. The average Bonchev–Trinajstić information content (AvgIpc) is 2.06. The molecule has 72 valence electrons. The number of hydrogen-bond acceptors (Lipinski definition) is 1. The highest BCUT2D eigenvalue weighted by molar-refractivity contribution is 5.50. The smallest absolute Gasteiger partial charge is 0.153 e. The Bertz CT molecular complexity index is 121. The number of rotatable bonds is 7. The van der Waals surface area contributed by atoms with Gasteiger partial charge in [0.1, 0.15) is 0 Å². The van der Waals surface area contributed by atoms with Crippen LogP contribution in [0.25, 0.3) is 0 Å². The van der Waals surface area contributed by atoms with Crippen molar-refractivity contribution < 1.29 is 4.74 Å². The van der Waals surface area contributed by atoms with Crippen LogP contribution in [0.1, 0.15) is 52.4 Å². The van der Waals surface area contributed by atoms with Crippen LogP contribution < -0.4 is 0 Å². The number of unbranched alkanes of at least 4 members (excludes halogenated alkanes) is 4. The summed E-state index contributed by atoms with van der Waals surface area (Å²) in [6.45, 7) is 4.97. The van der Waals surface area contributed by atoms with Gasteiger partial charge in [-0.1, -0.05) is 26.7 Å². The highest BCUT2D eigenvalue weighted by atomic mass is 16.5. The fraction of sp³-hybridized carbons (Fsp3) is 0.900. The van der Waals surface area contributed by atoms with Crippen molar-refractivity contribution in [2.24, 2.45) is 0 Å². The SMILES string of the molecule is CCCCC=[N+]([O-])CCCCC. The molecular weight excluding hydrogens is 150 g/mol. The normalized spacial score (nSPS) is 12.0. The van der Waals surface area contributed by atoms with Gasteiger partial charge in [-0.05, 0) is 12.8 Å². The molecule has 2 heteroatoms. The summed E-state index contributed by atoms with van der Waals surface area (Å²) in [6.07, 6.45) is 8.39. The first-order valence-corrected chi connectivity index (χ1v) is 5.08. The molecule has 0 aliphatic rings. The van der Waals surface area contributed by atoms with Crippen LogP contribution in [0, 0.1) is 5.21 Å². The first-order chi connectivity index (χ1) is 5.81. The molecule has 0 aliphatic heterocycles. The summed E-state index contributed by atoms with van der Waals surface area (Å²) < 4.78 is 1.09. The Labute approximate surface area is 75.9 Å². The van der Waals surface area contributed by atoms with E-state index in [1.54, 1.807) is 6.21 Å². The van der Waals surface area contributed by atoms with E-state index in [-0.39, 0.29) is 0 Å². The van der Waals surface area contributed by atoms with Gasteiger partial charge in [0.05, 0.1) is 0 Å². The molecule has 0 unspecified atom stereocenters. The quantitative estimate of drug-likeness (QED) is 0.190. The Morgan fingerprint density at radius 2 is 1.75 bits per heavy atom. The number of nitrogens with zero attached hydrogens (tertiary/aromatic N) is 1. The molecule has 0 amide bonds. The zero-order valence-corrected chi connectivity index (χ0v) is 8.38. The number of hydroxylamine groups is 1. The minimum Gasteiger partial charge on any atom is -0.624 e. The fourth-order valence-electron chi connectivity index (χ4n) is 1.05. The van der Waals surface area contributed by atoms with Crippen LogP contribution in [0.3, 0.4) is 0 Å². The first-order valence-electron chi connectivity index (χ1n) is 5.08. The van der Waals surface area contributed by atoms with Crippen LogP contribution in [0.5, 0.6) is 0 Å². The van der Waals surface area contributed by atoms with Crippen molar-refractivity contribution in [3.63, 3.8) is 0 Å². The first kappa shape index (κ1) is 11.5. The summed E-state index contributed by atoms with van der Waals surface area (Å²) in [7, 11) is 0. The summed E-state index contributed by atoms with van der Waals surface area (Å²) in [6, 6.07) is 0. The molecule has 0 fully saturated rings. The van der Waals surface area contributed by atoms with Crippen LogP contribution in [-0.2, 0) is 0 Å². The maximum atomic E-state index is 11.1. The van der Waals surface area contributed by atoms with Gasteiger partial charge in [-0.2, -0.15) is 0 Å². The molecule has 0 bridgehead atoms. The van der Waals surface area contributed by atoms with Gasteiger partial charge in [-0.3, -0.25) is 0 Å². The molecule has 0 saturated heterocycles. The van der Waals surface area contributed by atoms with E-state index in [2.05, 4.69) is 13.8 Å². The predicted octanol–water partition coefficient (Wildman–Crippen LogP) is 2.95. The molecule has 0 rings (SSSR count). The molecule has 0 radical (unpaired) electrons. The Balaban J connectivity index is 3.29. The topological polar surface area (TPSA) is 26.1 Å². The largest absolute Gasteiger partial charge is 0.624 e. The van der Waals surface area contributed by atoms with Crippen molar-refractivity contribution in [1.29, 1.82) is 0 Å². The molecule has 0 heterocycles. The highest BCUT2D eigenvalue weighted by Crippen LogP contribution is 1.94. The van der Waals surface area contributed by atoms with Crippen molar-refractivity contribution in [1.82, 2.24) is 0 Å². The van der Waals surface area contributed by atoms with E-state index in [0.717, 1.165) is 24.0 Å². The summed E-state index contributed by atoms with van der Waals surface area (Å²) in [5, 5.41) is 11.1. The summed E-state index contributed by atoms with van der Waals surface area (Å²) in [5.74, 6) is 0. The Kier molecular flexibility index (Phi) is 8.19. The lowest BCUT2D eigenvalue weighted by Crippen LogP contribution is -2.06. The van der Waals surface area contributed by atoms with E-state index >= 15 is 0 Å². The zero-order chi connectivity index (χ0) is 9.23. The van der Waals surface area contributed by atoms with Crippen LogP contribution in [0.2, 0.25) is 0 Å². The Hall–Kier alpha value is -0.530. The van der Waals surface area contributed by atoms with E-state index in [9.17, 15) is 5.21 Å². The maximum Gasteiger partial charge on any atom is 0.153 e. The fourth-order valence-corrected chi connectivity index (χ4v) is 1.05. The van der Waals surface area contributed by atoms with Crippen LogP contribution in [0.15, 0.2) is 0 Å². The van der Waals surface area contributed by atoms with E-state index < -0.39 is 0 Å². The second kappa shape index (κ2) is 8.57. The lowest BCUT2D eigenvalue weighted by atomic mass is 10.2. The van der Waals surface area contributed by atoms with E-state index in [0.29, 0.717) is 6.54 Å². The second-order valence-electron chi connectivity index (χ2n) is 3.17. The van der Waals surface area contributed by atoms with Crippen molar-refractivity contribution in [2.45, 2.75) is 52.4 Å². The van der Waals surface area contributed by atoms with Gasteiger partial charge >= 0.3 is 0 Å². The van der Waals surface area contributed by atoms with E-state index in [4.69, 9.17) is 0 Å². The van der Waals surface area contributed by atoms with Crippen LogP contribution in [0.4, 0.5) is 0 Å². The summed E-state index contributed by atoms with van der Waals surface area (Å²) in [5.41, 5.74) is 0. The molecule has 0 aliphatic carbocycles. The van der Waals surface area contributed by atoms with Crippen molar-refractivity contribution >= 4 is 6.21 Å².